The van der Waals surface area contributed by atoms with E-state index in [0.717, 1.165) is 0 Å². The molecule has 0 heterocycles. The van der Waals surface area contributed by atoms with Gasteiger partial charge in [0.25, 0.3) is 0 Å². The molecule has 0 radical (unpaired) electrons. The Labute approximate surface area is 154 Å². The topological polar surface area (TPSA) is 154 Å². The van der Waals surface area contributed by atoms with Crippen molar-refractivity contribution in [1.29, 1.82) is 0 Å². The molecule has 9 nitrogen and oxygen atoms in total. The van der Waals surface area contributed by atoms with E-state index in [1.807, 2.05) is 0 Å². The zero-order chi connectivity index (χ0) is 19.8. The number of hydrogen-bond acceptors (Lipinski definition) is 9. The van der Waals surface area contributed by atoms with E-state index in [0.29, 0.717) is 11.1 Å². The molecule has 0 saturated carbocycles. The van der Waals surface area contributed by atoms with Crippen LogP contribution in [0.1, 0.15) is 11.1 Å². The van der Waals surface area contributed by atoms with Crippen LogP contribution < -0.4 is 11.5 Å². The van der Waals surface area contributed by atoms with Crippen molar-refractivity contribution in [2.75, 3.05) is 0 Å². The summed E-state index contributed by atoms with van der Waals surface area (Å²) in [6.45, 7) is 0. The van der Waals surface area contributed by atoms with Gasteiger partial charge in [0.05, 0.1) is 0 Å². The summed E-state index contributed by atoms with van der Waals surface area (Å²) in [5, 5.41) is 22.6. The van der Waals surface area contributed by atoms with Gasteiger partial charge in [-0.15, -0.1) is 0 Å². The minimum atomic E-state index is -1.06. The first-order chi connectivity index (χ1) is 12.8. The number of rotatable bonds is 8. The SMILES string of the molecule is N[C@@H](Cc1ccc(O)cc1)C(=O)OOOC(=O)[C@@H](N)Cc1ccc(O)cc1. The first-order valence-corrected chi connectivity index (χ1v) is 8.01. The lowest BCUT2D eigenvalue weighted by molar-refractivity contribution is -0.460. The molecule has 0 fully saturated rings. The average Bonchev–Trinajstić information content (AvgIpc) is 2.65. The number of carbonyl (C=O) groups is 2. The molecule has 0 unspecified atom stereocenters. The molecule has 6 N–H and O–H groups in total. The fourth-order valence-corrected chi connectivity index (χ4v) is 2.15. The Hall–Kier alpha value is -3.14. The normalized spacial score (nSPS) is 12.8. The molecule has 0 aromatic heterocycles. The van der Waals surface area contributed by atoms with Crippen molar-refractivity contribution in [3.8, 4) is 11.5 Å². The fourth-order valence-electron chi connectivity index (χ4n) is 2.15. The maximum absolute atomic E-state index is 11.7. The lowest BCUT2D eigenvalue weighted by Crippen LogP contribution is -2.37. The van der Waals surface area contributed by atoms with E-state index in [1.165, 1.54) is 24.3 Å². The third kappa shape index (κ3) is 6.59. The first kappa shape index (κ1) is 20.2. The summed E-state index contributed by atoms with van der Waals surface area (Å²) in [6.07, 6.45) is 0.271. The molecule has 27 heavy (non-hydrogen) atoms. The Morgan fingerprint density at radius 1 is 0.741 bits per heavy atom. The molecule has 2 atom stereocenters. The summed E-state index contributed by atoms with van der Waals surface area (Å²) in [4.78, 5) is 32.1. The molecule has 2 aromatic carbocycles. The third-order valence-electron chi connectivity index (χ3n) is 3.62. The van der Waals surface area contributed by atoms with Crippen molar-refractivity contribution < 1.29 is 34.6 Å². The Balaban J connectivity index is 1.72. The number of phenols is 2. The van der Waals surface area contributed by atoms with Crippen molar-refractivity contribution in [3.63, 3.8) is 0 Å². The van der Waals surface area contributed by atoms with Gasteiger partial charge in [-0.05, 0) is 48.2 Å². The first-order valence-electron chi connectivity index (χ1n) is 8.01. The molecule has 2 aromatic rings. The molecule has 0 amide bonds. The van der Waals surface area contributed by atoms with Crippen LogP contribution in [-0.2, 0) is 37.2 Å². The van der Waals surface area contributed by atoms with Gasteiger partial charge < -0.3 is 21.7 Å². The minimum Gasteiger partial charge on any atom is -0.508 e. The summed E-state index contributed by atoms with van der Waals surface area (Å²) >= 11 is 0. The van der Waals surface area contributed by atoms with Gasteiger partial charge >= 0.3 is 11.9 Å². The van der Waals surface area contributed by atoms with Crippen molar-refractivity contribution in [2.45, 2.75) is 24.9 Å². The van der Waals surface area contributed by atoms with E-state index in [9.17, 15) is 19.8 Å². The average molecular weight is 376 g/mol. The molecule has 0 bridgehead atoms. The number of phenolic OH excluding ortho intramolecular Hbond substituents is 2. The van der Waals surface area contributed by atoms with Crippen molar-refractivity contribution >= 4 is 11.9 Å². The monoisotopic (exact) mass is 376 g/mol. The van der Waals surface area contributed by atoms with E-state index >= 15 is 0 Å². The summed E-state index contributed by atoms with van der Waals surface area (Å²) in [7, 11) is 0. The van der Waals surface area contributed by atoms with E-state index in [-0.39, 0.29) is 24.3 Å². The van der Waals surface area contributed by atoms with Gasteiger partial charge in [-0.2, -0.15) is 0 Å². The molecule has 0 spiro atoms. The zero-order valence-electron chi connectivity index (χ0n) is 14.3. The van der Waals surface area contributed by atoms with E-state index in [2.05, 4.69) is 14.8 Å². The fraction of sp³-hybridized carbons (Fsp3) is 0.222. The second-order valence-electron chi connectivity index (χ2n) is 5.83. The number of nitrogens with two attached hydrogens (primary N) is 2. The Bertz CT molecular complexity index is 697. The highest BCUT2D eigenvalue weighted by Crippen LogP contribution is 2.12. The van der Waals surface area contributed by atoms with Gasteiger partial charge in [-0.25, -0.2) is 9.59 Å². The smallest absolute Gasteiger partial charge is 0.363 e. The lowest BCUT2D eigenvalue weighted by Gasteiger charge is -2.11. The van der Waals surface area contributed by atoms with Gasteiger partial charge in [-0.1, -0.05) is 24.3 Å². The number of benzene rings is 2. The molecule has 0 saturated heterocycles. The highest BCUT2D eigenvalue weighted by atomic mass is 17.5. The molecular weight excluding hydrogens is 356 g/mol. The lowest BCUT2D eigenvalue weighted by atomic mass is 10.1. The number of carbonyl (C=O) groups excluding carboxylic acids is 2. The van der Waals surface area contributed by atoms with Gasteiger partial charge in [0.15, 0.2) is 0 Å². The Morgan fingerprint density at radius 3 is 1.41 bits per heavy atom. The van der Waals surface area contributed by atoms with Crippen molar-refractivity contribution in [3.05, 3.63) is 59.7 Å². The molecule has 0 aliphatic rings. The van der Waals surface area contributed by atoms with E-state index in [1.54, 1.807) is 24.3 Å². The molecule has 144 valence electrons. The molecule has 2 rings (SSSR count). The Kier molecular flexibility index (Phi) is 7.12. The molecule has 9 heteroatoms. The summed E-state index contributed by atoms with van der Waals surface area (Å²) < 4.78 is 0. The summed E-state index contributed by atoms with van der Waals surface area (Å²) in [5.74, 6) is -1.70. The highest BCUT2D eigenvalue weighted by Gasteiger charge is 2.21. The van der Waals surface area contributed by atoms with Crippen LogP contribution in [0.3, 0.4) is 0 Å². The standard InChI is InChI=1S/C18H20N2O7/c19-15(9-11-1-5-13(21)6-2-11)17(23)25-27-26-18(24)16(20)10-12-3-7-14(22)8-4-12/h1-8,15-16,21-22H,9-10,19-20H2/t15-,16-/m0/s1. The van der Waals surface area contributed by atoms with Crippen LogP contribution in [0.15, 0.2) is 48.5 Å². The van der Waals surface area contributed by atoms with Crippen LogP contribution in [0, 0.1) is 0 Å². The third-order valence-corrected chi connectivity index (χ3v) is 3.62. The van der Waals surface area contributed by atoms with E-state index < -0.39 is 24.0 Å². The molecule has 0 aliphatic carbocycles. The second-order valence-corrected chi connectivity index (χ2v) is 5.83. The van der Waals surface area contributed by atoms with Crippen LogP contribution in [0.4, 0.5) is 0 Å². The maximum atomic E-state index is 11.7. The van der Waals surface area contributed by atoms with E-state index in [4.69, 9.17) is 11.5 Å². The van der Waals surface area contributed by atoms with Crippen molar-refractivity contribution in [2.24, 2.45) is 11.5 Å². The minimum absolute atomic E-state index is 0.0915. The van der Waals surface area contributed by atoms with Crippen LogP contribution in [0.5, 0.6) is 11.5 Å². The molecular formula is C18H20N2O7. The van der Waals surface area contributed by atoms with Crippen LogP contribution in [-0.4, -0.2) is 34.2 Å². The summed E-state index contributed by atoms with van der Waals surface area (Å²) in [5.41, 5.74) is 12.7. The number of aromatic hydroxyl groups is 2. The highest BCUT2D eigenvalue weighted by molar-refractivity contribution is 5.76. The number of hydrogen-bond donors (Lipinski definition) is 4. The van der Waals surface area contributed by atoms with Gasteiger partial charge in [-0.3, -0.25) is 9.78 Å². The second kappa shape index (κ2) is 9.53. The summed E-state index contributed by atoms with van der Waals surface area (Å²) in [6, 6.07) is 10.1. The van der Waals surface area contributed by atoms with Crippen LogP contribution in [0.2, 0.25) is 0 Å². The largest absolute Gasteiger partial charge is 0.508 e. The van der Waals surface area contributed by atoms with Crippen LogP contribution >= 0.6 is 0 Å². The maximum Gasteiger partial charge on any atom is 0.363 e. The van der Waals surface area contributed by atoms with Crippen molar-refractivity contribution in [1.82, 2.24) is 0 Å². The quantitative estimate of drug-likeness (QED) is 0.380. The van der Waals surface area contributed by atoms with Gasteiger partial charge in [0, 0.05) is 5.04 Å². The predicted octanol–water partition coefficient (Wildman–Crippen LogP) is 0.471. The predicted molar refractivity (Wildman–Crippen MR) is 92.8 cm³/mol. The zero-order valence-corrected chi connectivity index (χ0v) is 14.3. The van der Waals surface area contributed by atoms with Crippen LogP contribution in [0.25, 0.3) is 0 Å². The van der Waals surface area contributed by atoms with Gasteiger partial charge in [0.2, 0.25) is 0 Å². The molecule has 0 aliphatic heterocycles. The van der Waals surface area contributed by atoms with Gasteiger partial charge in [0.1, 0.15) is 23.6 Å². The Morgan fingerprint density at radius 2 is 1.07 bits per heavy atom.